The molecule has 2 atom stereocenters. The minimum Gasteiger partial charge on any atom is -0.300 e. The maximum Gasteiger partial charge on any atom is 0.0236 e. The molecule has 3 rings (SSSR count). The van der Waals surface area contributed by atoms with Crippen LogP contribution < -0.4 is 0 Å². The second kappa shape index (κ2) is 7.14. The van der Waals surface area contributed by atoms with E-state index in [0.717, 1.165) is 24.4 Å². The lowest BCUT2D eigenvalue weighted by atomic mass is 9.89. The van der Waals surface area contributed by atoms with Crippen molar-refractivity contribution in [2.75, 3.05) is 26.2 Å². The van der Waals surface area contributed by atoms with Crippen molar-refractivity contribution < 1.29 is 0 Å². The molecular formula is C20H32N2. The number of rotatable bonds is 3. The van der Waals surface area contributed by atoms with Crippen LogP contribution in [0.2, 0.25) is 0 Å². The minimum absolute atomic E-state index is 0.832. The molecule has 0 saturated carbocycles. The number of hydrogen-bond donors (Lipinski definition) is 0. The first-order chi connectivity index (χ1) is 10.6. The first-order valence-electron chi connectivity index (χ1n) is 9.12. The Morgan fingerprint density at radius 1 is 1.00 bits per heavy atom. The molecule has 0 spiro atoms. The van der Waals surface area contributed by atoms with Crippen LogP contribution in [0.1, 0.15) is 44.2 Å². The van der Waals surface area contributed by atoms with Crippen molar-refractivity contribution in [1.82, 2.24) is 9.80 Å². The van der Waals surface area contributed by atoms with Gasteiger partial charge in [0.1, 0.15) is 0 Å². The Morgan fingerprint density at radius 3 is 2.27 bits per heavy atom. The normalized spacial score (nSPS) is 28.9. The van der Waals surface area contributed by atoms with Crippen molar-refractivity contribution in [2.45, 2.75) is 52.6 Å². The zero-order valence-electron chi connectivity index (χ0n) is 14.6. The smallest absolute Gasteiger partial charge is 0.0236 e. The van der Waals surface area contributed by atoms with Gasteiger partial charge in [-0.25, -0.2) is 0 Å². The topological polar surface area (TPSA) is 6.48 Å². The van der Waals surface area contributed by atoms with Crippen LogP contribution in [0.5, 0.6) is 0 Å². The van der Waals surface area contributed by atoms with Crippen LogP contribution in [0.15, 0.2) is 24.3 Å². The molecule has 2 aliphatic rings. The van der Waals surface area contributed by atoms with Crippen molar-refractivity contribution in [3.63, 3.8) is 0 Å². The van der Waals surface area contributed by atoms with E-state index in [1.807, 2.05) is 0 Å². The summed E-state index contributed by atoms with van der Waals surface area (Å²) in [6.45, 7) is 13.4. The van der Waals surface area contributed by atoms with Gasteiger partial charge in [-0.3, -0.25) is 9.80 Å². The third kappa shape index (κ3) is 3.91. The van der Waals surface area contributed by atoms with Gasteiger partial charge in [-0.05, 0) is 62.2 Å². The summed E-state index contributed by atoms with van der Waals surface area (Å²) in [6.07, 6.45) is 4.12. The molecule has 2 saturated heterocycles. The maximum atomic E-state index is 2.80. The number of nitrogens with zero attached hydrogens (tertiary/aromatic N) is 2. The van der Waals surface area contributed by atoms with Gasteiger partial charge in [0.15, 0.2) is 0 Å². The number of aryl methyl sites for hydroxylation is 1. The zero-order chi connectivity index (χ0) is 15.5. The van der Waals surface area contributed by atoms with Gasteiger partial charge in [0, 0.05) is 25.7 Å². The lowest BCUT2D eigenvalue weighted by molar-refractivity contribution is 0.0529. The monoisotopic (exact) mass is 300 g/mol. The summed E-state index contributed by atoms with van der Waals surface area (Å²) in [7, 11) is 0. The van der Waals surface area contributed by atoms with Crippen LogP contribution in [-0.2, 0) is 6.54 Å². The van der Waals surface area contributed by atoms with E-state index in [2.05, 4.69) is 54.8 Å². The maximum absolute atomic E-state index is 2.80. The van der Waals surface area contributed by atoms with Crippen molar-refractivity contribution in [3.05, 3.63) is 35.4 Å². The Balaban J connectivity index is 1.51. The van der Waals surface area contributed by atoms with E-state index in [-0.39, 0.29) is 0 Å². The summed E-state index contributed by atoms with van der Waals surface area (Å²) in [6, 6.07) is 9.67. The summed E-state index contributed by atoms with van der Waals surface area (Å²) < 4.78 is 0. The lowest BCUT2D eigenvalue weighted by Gasteiger charge is -2.43. The molecule has 2 heteroatoms. The molecule has 0 radical (unpaired) electrons. The highest BCUT2D eigenvalue weighted by atomic mass is 15.2. The van der Waals surface area contributed by atoms with Crippen molar-refractivity contribution in [3.8, 4) is 0 Å². The van der Waals surface area contributed by atoms with Crippen molar-refractivity contribution in [2.24, 2.45) is 11.8 Å². The second-order valence-corrected chi connectivity index (χ2v) is 7.83. The Hall–Kier alpha value is -0.860. The Morgan fingerprint density at radius 2 is 1.64 bits per heavy atom. The molecule has 2 aliphatic heterocycles. The number of benzene rings is 1. The fourth-order valence-electron chi connectivity index (χ4n) is 4.48. The molecular weight excluding hydrogens is 268 g/mol. The highest BCUT2D eigenvalue weighted by Gasteiger charge is 2.29. The Bertz CT molecular complexity index is 466. The minimum atomic E-state index is 0.832. The Labute approximate surface area is 136 Å². The molecule has 2 heterocycles. The van der Waals surface area contributed by atoms with E-state index >= 15 is 0 Å². The van der Waals surface area contributed by atoms with Crippen LogP contribution in [0.3, 0.4) is 0 Å². The lowest BCUT2D eigenvalue weighted by Crippen LogP contribution is -2.49. The molecule has 0 bridgehead atoms. The number of hydrogen-bond acceptors (Lipinski definition) is 2. The summed E-state index contributed by atoms with van der Waals surface area (Å²) in [5.41, 5.74) is 2.93. The van der Waals surface area contributed by atoms with Gasteiger partial charge in [0.25, 0.3) is 0 Å². The standard InChI is InChI=1S/C20H32N2/c1-16-12-17(2)14-22(13-16)20-8-10-21(11-9-20)15-19-7-5-4-6-18(19)3/h4-7,16-17,20H,8-15H2,1-3H3/t16-,17+. The fourth-order valence-corrected chi connectivity index (χ4v) is 4.48. The summed E-state index contributed by atoms with van der Waals surface area (Å²) in [5, 5.41) is 0. The SMILES string of the molecule is Cc1ccccc1CN1CCC(N2C[C@H](C)C[C@H](C)C2)CC1. The van der Waals surface area contributed by atoms with Crippen LogP contribution >= 0.6 is 0 Å². The molecule has 0 aliphatic carbocycles. The first-order valence-corrected chi connectivity index (χ1v) is 9.12. The van der Waals surface area contributed by atoms with E-state index in [1.54, 1.807) is 0 Å². The van der Waals surface area contributed by atoms with Gasteiger partial charge in [0.05, 0.1) is 0 Å². The molecule has 1 aromatic rings. The van der Waals surface area contributed by atoms with Crippen LogP contribution in [0.25, 0.3) is 0 Å². The summed E-state index contributed by atoms with van der Waals surface area (Å²) in [5.74, 6) is 1.77. The number of likely N-dealkylation sites (tertiary alicyclic amines) is 2. The fraction of sp³-hybridized carbons (Fsp3) is 0.700. The molecule has 0 aromatic heterocycles. The van der Waals surface area contributed by atoms with Gasteiger partial charge >= 0.3 is 0 Å². The van der Waals surface area contributed by atoms with E-state index in [9.17, 15) is 0 Å². The molecule has 2 fully saturated rings. The average molecular weight is 300 g/mol. The molecule has 2 nitrogen and oxygen atoms in total. The quantitative estimate of drug-likeness (QED) is 0.834. The highest BCUT2D eigenvalue weighted by molar-refractivity contribution is 5.25. The van der Waals surface area contributed by atoms with Gasteiger partial charge < -0.3 is 0 Å². The predicted octanol–water partition coefficient (Wildman–Crippen LogP) is 3.94. The predicted molar refractivity (Wildman–Crippen MR) is 94.0 cm³/mol. The molecule has 0 amide bonds. The summed E-state index contributed by atoms with van der Waals surface area (Å²) >= 11 is 0. The summed E-state index contributed by atoms with van der Waals surface area (Å²) in [4.78, 5) is 5.44. The van der Waals surface area contributed by atoms with Crippen LogP contribution in [0, 0.1) is 18.8 Å². The van der Waals surface area contributed by atoms with Gasteiger partial charge in [0.2, 0.25) is 0 Å². The molecule has 122 valence electrons. The van der Waals surface area contributed by atoms with Crippen molar-refractivity contribution in [1.29, 1.82) is 0 Å². The van der Waals surface area contributed by atoms with E-state index in [1.165, 1.54) is 56.6 Å². The molecule has 1 aromatic carbocycles. The van der Waals surface area contributed by atoms with Gasteiger partial charge in [-0.2, -0.15) is 0 Å². The van der Waals surface area contributed by atoms with Crippen molar-refractivity contribution >= 4 is 0 Å². The van der Waals surface area contributed by atoms with Crippen LogP contribution in [0.4, 0.5) is 0 Å². The van der Waals surface area contributed by atoms with Gasteiger partial charge in [-0.1, -0.05) is 38.1 Å². The van der Waals surface area contributed by atoms with E-state index in [0.29, 0.717) is 0 Å². The van der Waals surface area contributed by atoms with E-state index < -0.39 is 0 Å². The first kappa shape index (κ1) is 16.0. The number of piperidine rings is 2. The third-order valence-electron chi connectivity index (χ3n) is 5.63. The van der Waals surface area contributed by atoms with E-state index in [4.69, 9.17) is 0 Å². The third-order valence-corrected chi connectivity index (χ3v) is 5.63. The Kier molecular flexibility index (Phi) is 5.20. The zero-order valence-corrected chi connectivity index (χ0v) is 14.6. The molecule has 22 heavy (non-hydrogen) atoms. The molecule has 0 unspecified atom stereocenters. The highest BCUT2D eigenvalue weighted by Crippen LogP contribution is 2.27. The van der Waals surface area contributed by atoms with Gasteiger partial charge in [-0.15, -0.1) is 0 Å². The second-order valence-electron chi connectivity index (χ2n) is 7.83. The average Bonchev–Trinajstić information content (AvgIpc) is 2.49. The largest absolute Gasteiger partial charge is 0.300 e. The molecule has 0 N–H and O–H groups in total. The van der Waals surface area contributed by atoms with Crippen LogP contribution in [-0.4, -0.2) is 42.0 Å².